The van der Waals surface area contributed by atoms with Crippen molar-refractivity contribution >= 4 is 27.5 Å². The second-order valence-corrected chi connectivity index (χ2v) is 7.39. The number of rotatable bonds is 1. The van der Waals surface area contributed by atoms with Gasteiger partial charge in [-0.1, -0.05) is 0 Å². The number of carbonyl (C=O) groups is 1. The monoisotopic (exact) mass is 332 g/mol. The van der Waals surface area contributed by atoms with Crippen LogP contribution in [0, 0.1) is 0 Å². The van der Waals surface area contributed by atoms with Crippen LogP contribution >= 0.6 is 11.3 Å². The summed E-state index contributed by atoms with van der Waals surface area (Å²) >= 11 is 1.61. The number of aromatic nitrogens is 1. The first-order valence-corrected chi connectivity index (χ1v) is 8.91. The SMILES string of the molecule is CC1CN(C(=O)c2cnc3ccsc3c2)CC2(CCOCC2)O1. The Hall–Kier alpha value is -1.50. The fourth-order valence-electron chi connectivity index (χ4n) is 3.54. The zero-order valence-electron chi connectivity index (χ0n) is 13.2. The molecule has 1 unspecified atom stereocenters. The summed E-state index contributed by atoms with van der Waals surface area (Å²) in [5.74, 6) is 0.0498. The second-order valence-electron chi connectivity index (χ2n) is 6.44. The Labute approximate surface area is 139 Å². The fourth-order valence-corrected chi connectivity index (χ4v) is 4.32. The van der Waals surface area contributed by atoms with Crippen molar-refractivity contribution in [3.63, 3.8) is 0 Å². The Kier molecular flexibility index (Phi) is 3.83. The highest BCUT2D eigenvalue weighted by molar-refractivity contribution is 7.17. The molecule has 0 saturated carbocycles. The summed E-state index contributed by atoms with van der Waals surface area (Å²) in [5.41, 5.74) is 1.37. The molecule has 4 rings (SSSR count). The van der Waals surface area contributed by atoms with E-state index in [9.17, 15) is 4.79 Å². The average Bonchev–Trinajstić information content (AvgIpc) is 3.01. The average molecular weight is 332 g/mol. The van der Waals surface area contributed by atoms with Crippen LogP contribution in [0.25, 0.3) is 10.2 Å². The Morgan fingerprint density at radius 1 is 1.43 bits per heavy atom. The number of amides is 1. The molecule has 2 fully saturated rings. The molecule has 2 aromatic rings. The first-order valence-electron chi connectivity index (χ1n) is 8.03. The lowest BCUT2D eigenvalue weighted by molar-refractivity contribution is -0.176. The van der Waals surface area contributed by atoms with E-state index in [2.05, 4.69) is 4.98 Å². The molecule has 0 radical (unpaired) electrons. The summed E-state index contributed by atoms with van der Waals surface area (Å²) in [7, 11) is 0. The van der Waals surface area contributed by atoms with E-state index >= 15 is 0 Å². The van der Waals surface area contributed by atoms with E-state index in [1.807, 2.05) is 29.3 Å². The lowest BCUT2D eigenvalue weighted by atomic mass is 9.91. The van der Waals surface area contributed by atoms with Crippen LogP contribution in [0.15, 0.2) is 23.7 Å². The molecular formula is C17H20N2O3S. The molecular weight excluding hydrogens is 312 g/mol. The lowest BCUT2D eigenvalue weighted by Crippen LogP contribution is -2.58. The van der Waals surface area contributed by atoms with Gasteiger partial charge in [-0.3, -0.25) is 9.78 Å². The van der Waals surface area contributed by atoms with Gasteiger partial charge in [0.15, 0.2) is 0 Å². The number of ether oxygens (including phenoxy) is 2. The van der Waals surface area contributed by atoms with Crippen molar-refractivity contribution in [3.05, 3.63) is 29.3 Å². The van der Waals surface area contributed by atoms with E-state index in [1.165, 1.54) is 0 Å². The molecule has 2 aliphatic rings. The third-order valence-corrected chi connectivity index (χ3v) is 5.50. The van der Waals surface area contributed by atoms with Crippen LogP contribution < -0.4 is 0 Å². The van der Waals surface area contributed by atoms with Gasteiger partial charge in [-0.05, 0) is 24.4 Å². The number of hydrogen-bond donors (Lipinski definition) is 0. The van der Waals surface area contributed by atoms with E-state index in [0.717, 1.165) is 23.1 Å². The third-order valence-electron chi connectivity index (χ3n) is 4.65. The molecule has 1 atom stereocenters. The minimum Gasteiger partial charge on any atom is -0.381 e. The zero-order chi connectivity index (χ0) is 15.9. The predicted molar refractivity (Wildman–Crippen MR) is 88.9 cm³/mol. The molecule has 0 N–H and O–H groups in total. The van der Waals surface area contributed by atoms with Gasteiger partial charge in [0, 0.05) is 38.8 Å². The first-order chi connectivity index (χ1) is 11.2. The summed E-state index contributed by atoms with van der Waals surface area (Å²) < 4.78 is 12.7. The summed E-state index contributed by atoms with van der Waals surface area (Å²) in [6.45, 7) is 4.72. The van der Waals surface area contributed by atoms with E-state index in [4.69, 9.17) is 9.47 Å². The van der Waals surface area contributed by atoms with Crippen LogP contribution in [0.2, 0.25) is 0 Å². The zero-order valence-corrected chi connectivity index (χ0v) is 14.0. The van der Waals surface area contributed by atoms with Gasteiger partial charge in [-0.15, -0.1) is 11.3 Å². The Morgan fingerprint density at radius 3 is 3.09 bits per heavy atom. The van der Waals surface area contributed by atoms with Gasteiger partial charge in [0.2, 0.25) is 0 Å². The second kappa shape index (κ2) is 5.85. The van der Waals surface area contributed by atoms with Crippen LogP contribution in [0.4, 0.5) is 0 Å². The molecule has 2 aliphatic heterocycles. The molecule has 4 heterocycles. The molecule has 23 heavy (non-hydrogen) atoms. The lowest BCUT2D eigenvalue weighted by Gasteiger charge is -2.47. The first kappa shape index (κ1) is 15.1. The molecule has 0 aromatic carbocycles. The van der Waals surface area contributed by atoms with Crippen molar-refractivity contribution in [2.24, 2.45) is 0 Å². The number of hydrogen-bond acceptors (Lipinski definition) is 5. The van der Waals surface area contributed by atoms with Crippen LogP contribution in [0.5, 0.6) is 0 Å². The molecule has 1 spiro atoms. The number of pyridine rings is 1. The van der Waals surface area contributed by atoms with Crippen LogP contribution in [-0.4, -0.2) is 53.8 Å². The van der Waals surface area contributed by atoms with Crippen molar-refractivity contribution in [1.29, 1.82) is 0 Å². The van der Waals surface area contributed by atoms with Gasteiger partial charge >= 0.3 is 0 Å². The van der Waals surface area contributed by atoms with Gasteiger partial charge in [0.1, 0.15) is 0 Å². The maximum Gasteiger partial charge on any atom is 0.255 e. The van der Waals surface area contributed by atoms with E-state index in [0.29, 0.717) is 31.9 Å². The maximum atomic E-state index is 12.9. The molecule has 1 amide bonds. The van der Waals surface area contributed by atoms with Gasteiger partial charge in [0.05, 0.1) is 34.0 Å². The Balaban J connectivity index is 1.59. The van der Waals surface area contributed by atoms with E-state index < -0.39 is 0 Å². The quantitative estimate of drug-likeness (QED) is 0.806. The molecule has 0 aliphatic carbocycles. The van der Waals surface area contributed by atoms with Gasteiger partial charge < -0.3 is 14.4 Å². The maximum absolute atomic E-state index is 12.9. The molecule has 2 aromatic heterocycles. The number of morpholine rings is 1. The van der Waals surface area contributed by atoms with Crippen LogP contribution in [-0.2, 0) is 9.47 Å². The van der Waals surface area contributed by atoms with E-state index in [1.54, 1.807) is 17.5 Å². The molecule has 6 heteroatoms. The van der Waals surface area contributed by atoms with Gasteiger partial charge in [0.25, 0.3) is 5.91 Å². The fraction of sp³-hybridized carbons (Fsp3) is 0.529. The third kappa shape index (κ3) is 2.86. The minimum atomic E-state index is -0.244. The van der Waals surface area contributed by atoms with Crippen molar-refractivity contribution in [2.45, 2.75) is 31.5 Å². The smallest absolute Gasteiger partial charge is 0.255 e. The summed E-state index contributed by atoms with van der Waals surface area (Å²) in [6, 6.07) is 3.92. The molecule has 2 saturated heterocycles. The van der Waals surface area contributed by atoms with Crippen molar-refractivity contribution in [1.82, 2.24) is 9.88 Å². The Morgan fingerprint density at radius 2 is 2.26 bits per heavy atom. The number of fused-ring (bicyclic) bond motifs is 1. The summed E-state index contributed by atoms with van der Waals surface area (Å²) in [5, 5.41) is 2.00. The molecule has 5 nitrogen and oxygen atoms in total. The molecule has 0 bridgehead atoms. The van der Waals surface area contributed by atoms with Gasteiger partial charge in [-0.25, -0.2) is 0 Å². The van der Waals surface area contributed by atoms with Crippen molar-refractivity contribution < 1.29 is 14.3 Å². The van der Waals surface area contributed by atoms with Crippen LogP contribution in [0.3, 0.4) is 0 Å². The predicted octanol–water partition coefficient (Wildman–Crippen LogP) is 2.71. The molecule has 122 valence electrons. The number of nitrogens with zero attached hydrogens (tertiary/aromatic N) is 2. The van der Waals surface area contributed by atoms with E-state index in [-0.39, 0.29) is 17.6 Å². The van der Waals surface area contributed by atoms with Crippen LogP contribution in [0.1, 0.15) is 30.1 Å². The largest absolute Gasteiger partial charge is 0.381 e. The normalized spacial score (nSPS) is 24.2. The van der Waals surface area contributed by atoms with Crippen molar-refractivity contribution in [3.8, 4) is 0 Å². The summed E-state index contributed by atoms with van der Waals surface area (Å²) in [6.07, 6.45) is 3.44. The van der Waals surface area contributed by atoms with Gasteiger partial charge in [-0.2, -0.15) is 0 Å². The highest BCUT2D eigenvalue weighted by atomic mass is 32.1. The Bertz CT molecular complexity index is 723. The topological polar surface area (TPSA) is 51.7 Å². The number of thiophene rings is 1. The number of carbonyl (C=O) groups excluding carboxylic acids is 1. The minimum absolute atomic E-state index is 0.0456. The highest BCUT2D eigenvalue weighted by Crippen LogP contribution is 2.32. The highest BCUT2D eigenvalue weighted by Gasteiger charge is 2.42. The summed E-state index contributed by atoms with van der Waals surface area (Å²) in [4.78, 5) is 19.3. The van der Waals surface area contributed by atoms with Crippen molar-refractivity contribution in [2.75, 3.05) is 26.3 Å². The standard InChI is InChI=1S/C17H20N2O3S/c1-12-10-19(11-17(22-12)3-5-21-6-4-17)16(20)13-8-15-14(18-9-13)2-7-23-15/h2,7-9,12H,3-6,10-11H2,1H3.